The Labute approximate surface area is 204 Å². The van der Waals surface area contributed by atoms with Crippen molar-refractivity contribution in [1.29, 1.82) is 0 Å². The van der Waals surface area contributed by atoms with E-state index in [4.69, 9.17) is 16.1 Å². The van der Waals surface area contributed by atoms with Crippen LogP contribution in [-0.2, 0) is 4.79 Å². The van der Waals surface area contributed by atoms with Crippen LogP contribution in [0.15, 0.2) is 47.1 Å². The van der Waals surface area contributed by atoms with Gasteiger partial charge in [0.2, 0.25) is 11.7 Å². The summed E-state index contributed by atoms with van der Waals surface area (Å²) in [5.41, 5.74) is 1.59. The molecule has 0 spiro atoms. The second-order valence-electron chi connectivity index (χ2n) is 8.83. The highest BCUT2D eigenvalue weighted by Gasteiger charge is 2.31. The lowest BCUT2D eigenvalue weighted by atomic mass is 9.94. The van der Waals surface area contributed by atoms with E-state index in [0.29, 0.717) is 22.6 Å². The summed E-state index contributed by atoms with van der Waals surface area (Å²) in [6, 6.07) is 11.2. The lowest BCUT2D eigenvalue weighted by Crippen LogP contribution is -2.51. The van der Waals surface area contributed by atoms with Crippen molar-refractivity contribution in [2.75, 3.05) is 50.7 Å². The molecule has 0 aliphatic carbocycles. The van der Waals surface area contributed by atoms with Crippen LogP contribution in [0.4, 0.5) is 5.82 Å². The zero-order chi connectivity index (χ0) is 23.5. The molecule has 0 N–H and O–H groups in total. The van der Waals surface area contributed by atoms with Crippen LogP contribution in [-0.4, -0.2) is 76.6 Å². The number of likely N-dealkylation sites (N-methyl/N-ethyl adjacent to an activating group) is 1. The maximum atomic E-state index is 13.1. The van der Waals surface area contributed by atoms with Crippen molar-refractivity contribution < 1.29 is 9.32 Å². The van der Waals surface area contributed by atoms with Crippen molar-refractivity contribution in [3.63, 3.8) is 0 Å². The monoisotopic (exact) mass is 480 g/mol. The predicted molar refractivity (Wildman–Crippen MR) is 132 cm³/mol. The average molecular weight is 481 g/mol. The van der Waals surface area contributed by atoms with Crippen LogP contribution in [0.25, 0.3) is 22.8 Å². The molecule has 2 saturated heterocycles. The van der Waals surface area contributed by atoms with Crippen LogP contribution in [0.5, 0.6) is 0 Å². The van der Waals surface area contributed by atoms with E-state index in [1.165, 1.54) is 0 Å². The predicted octanol–water partition coefficient (Wildman–Crippen LogP) is 3.83. The number of carbonyl (C=O) groups excluding carboxylic acids is 1. The van der Waals surface area contributed by atoms with Crippen LogP contribution in [0.3, 0.4) is 0 Å². The number of aromatic nitrogens is 3. The van der Waals surface area contributed by atoms with E-state index in [-0.39, 0.29) is 5.92 Å². The fourth-order valence-corrected chi connectivity index (χ4v) is 4.96. The number of hydrogen-bond acceptors (Lipinski definition) is 7. The van der Waals surface area contributed by atoms with Gasteiger partial charge in [-0.15, -0.1) is 0 Å². The van der Waals surface area contributed by atoms with Crippen molar-refractivity contribution >= 4 is 23.3 Å². The van der Waals surface area contributed by atoms with Crippen molar-refractivity contribution in [2.45, 2.75) is 19.8 Å². The Hall–Kier alpha value is -2.97. The Morgan fingerprint density at radius 1 is 1.09 bits per heavy atom. The minimum Gasteiger partial charge on any atom is -0.356 e. The van der Waals surface area contributed by atoms with Gasteiger partial charge in [-0.2, -0.15) is 4.98 Å². The molecule has 178 valence electrons. The van der Waals surface area contributed by atoms with Gasteiger partial charge in [0, 0.05) is 62.0 Å². The fraction of sp³-hybridized carbons (Fsp3) is 0.440. The third-order valence-electron chi connectivity index (χ3n) is 6.80. The molecule has 4 heterocycles. The minimum atomic E-state index is 0.0782. The van der Waals surface area contributed by atoms with Crippen molar-refractivity contribution in [2.24, 2.45) is 5.92 Å². The van der Waals surface area contributed by atoms with Gasteiger partial charge in [-0.1, -0.05) is 35.8 Å². The third-order valence-corrected chi connectivity index (χ3v) is 7.04. The molecule has 9 heteroatoms. The van der Waals surface area contributed by atoms with Crippen molar-refractivity contribution in [3.8, 4) is 22.8 Å². The van der Waals surface area contributed by atoms with Gasteiger partial charge in [0.05, 0.1) is 5.56 Å². The van der Waals surface area contributed by atoms with E-state index in [1.54, 1.807) is 6.20 Å². The molecule has 2 aliphatic rings. The molecule has 34 heavy (non-hydrogen) atoms. The molecule has 0 unspecified atom stereocenters. The highest BCUT2D eigenvalue weighted by atomic mass is 35.5. The standard InChI is InChI=1S/C25H29ClN6O2/c1-2-30-13-15-32(16-14-30)25(33)18-8-11-31(12-9-18)23-21(7-4-10-27-23)24-28-22(29-34-24)19-5-3-6-20(26)17-19/h3-7,10,17-18H,2,8-9,11-16H2,1H3. The number of piperidine rings is 1. The number of halogens is 1. The zero-order valence-corrected chi connectivity index (χ0v) is 20.1. The highest BCUT2D eigenvalue weighted by molar-refractivity contribution is 6.30. The van der Waals surface area contributed by atoms with Crippen LogP contribution in [0.1, 0.15) is 19.8 Å². The second kappa shape index (κ2) is 10.1. The van der Waals surface area contributed by atoms with Crippen LogP contribution >= 0.6 is 11.6 Å². The molecule has 0 saturated carbocycles. The van der Waals surface area contributed by atoms with Gasteiger partial charge < -0.3 is 19.2 Å². The SMILES string of the molecule is CCN1CCN(C(=O)C2CCN(c3ncccc3-c3nc(-c4cccc(Cl)c4)no3)CC2)CC1. The lowest BCUT2D eigenvalue weighted by molar-refractivity contribution is -0.137. The summed E-state index contributed by atoms with van der Waals surface area (Å²) in [5.74, 6) is 2.10. The second-order valence-corrected chi connectivity index (χ2v) is 9.27. The van der Waals surface area contributed by atoms with Gasteiger partial charge in [0.1, 0.15) is 5.82 Å². The Morgan fingerprint density at radius 3 is 2.62 bits per heavy atom. The van der Waals surface area contributed by atoms with Gasteiger partial charge >= 0.3 is 0 Å². The molecule has 8 nitrogen and oxygen atoms in total. The molecule has 3 aromatic rings. The Balaban J connectivity index is 1.27. The molecular weight excluding hydrogens is 452 g/mol. The molecule has 5 rings (SSSR count). The van der Waals surface area contributed by atoms with E-state index < -0.39 is 0 Å². The Kier molecular flexibility index (Phi) is 6.78. The molecule has 2 aliphatic heterocycles. The molecule has 2 aromatic heterocycles. The molecule has 0 bridgehead atoms. The maximum absolute atomic E-state index is 13.1. The summed E-state index contributed by atoms with van der Waals surface area (Å²) in [6.45, 7) is 8.38. The van der Waals surface area contributed by atoms with Gasteiger partial charge in [0.15, 0.2) is 0 Å². The molecule has 2 fully saturated rings. The lowest BCUT2D eigenvalue weighted by Gasteiger charge is -2.38. The highest BCUT2D eigenvalue weighted by Crippen LogP contribution is 2.32. The van der Waals surface area contributed by atoms with Gasteiger partial charge in [0.25, 0.3) is 5.89 Å². The number of nitrogens with zero attached hydrogens (tertiary/aromatic N) is 6. The van der Waals surface area contributed by atoms with Crippen LogP contribution < -0.4 is 4.90 Å². The van der Waals surface area contributed by atoms with E-state index >= 15 is 0 Å². The number of benzene rings is 1. The largest absolute Gasteiger partial charge is 0.356 e. The molecule has 1 aromatic carbocycles. The first kappa shape index (κ1) is 22.8. The number of piperazine rings is 1. The number of amides is 1. The number of anilines is 1. The summed E-state index contributed by atoms with van der Waals surface area (Å²) in [5, 5.41) is 4.76. The first-order chi connectivity index (χ1) is 16.6. The van der Waals surface area contributed by atoms with E-state index in [2.05, 4.69) is 36.7 Å². The van der Waals surface area contributed by atoms with Crippen molar-refractivity contribution in [3.05, 3.63) is 47.6 Å². The van der Waals surface area contributed by atoms with Crippen LogP contribution in [0, 0.1) is 5.92 Å². The molecule has 0 atom stereocenters. The van der Waals surface area contributed by atoms with E-state index in [1.807, 2.05) is 36.4 Å². The zero-order valence-electron chi connectivity index (χ0n) is 19.4. The first-order valence-corrected chi connectivity index (χ1v) is 12.3. The van der Waals surface area contributed by atoms with E-state index in [9.17, 15) is 4.79 Å². The number of carbonyl (C=O) groups is 1. The summed E-state index contributed by atoms with van der Waals surface area (Å²) in [4.78, 5) is 29.0. The van der Waals surface area contributed by atoms with E-state index in [0.717, 1.165) is 75.6 Å². The molecule has 1 amide bonds. The Morgan fingerprint density at radius 2 is 1.88 bits per heavy atom. The number of rotatable bonds is 5. The van der Waals surface area contributed by atoms with Gasteiger partial charge in [-0.05, 0) is 43.7 Å². The fourth-order valence-electron chi connectivity index (χ4n) is 4.77. The molecule has 0 radical (unpaired) electrons. The summed E-state index contributed by atoms with van der Waals surface area (Å²) in [7, 11) is 0. The van der Waals surface area contributed by atoms with Gasteiger partial charge in [-0.25, -0.2) is 4.98 Å². The van der Waals surface area contributed by atoms with Crippen molar-refractivity contribution in [1.82, 2.24) is 24.9 Å². The van der Waals surface area contributed by atoms with Gasteiger partial charge in [-0.3, -0.25) is 4.79 Å². The Bertz CT molecular complexity index is 1140. The summed E-state index contributed by atoms with van der Waals surface area (Å²) >= 11 is 6.11. The normalized spacial score (nSPS) is 17.8. The minimum absolute atomic E-state index is 0.0782. The third kappa shape index (κ3) is 4.79. The smallest absolute Gasteiger partial charge is 0.261 e. The van der Waals surface area contributed by atoms with Crippen LogP contribution in [0.2, 0.25) is 5.02 Å². The first-order valence-electron chi connectivity index (χ1n) is 11.9. The molecular formula is C25H29ClN6O2. The number of hydrogen-bond donors (Lipinski definition) is 0. The summed E-state index contributed by atoms with van der Waals surface area (Å²) < 4.78 is 5.60. The average Bonchev–Trinajstić information content (AvgIpc) is 3.39. The number of pyridine rings is 1. The maximum Gasteiger partial charge on any atom is 0.261 e. The quantitative estimate of drug-likeness (QED) is 0.549. The summed E-state index contributed by atoms with van der Waals surface area (Å²) in [6.07, 6.45) is 3.42. The topological polar surface area (TPSA) is 78.6 Å².